The molecule has 1 aliphatic carbocycles. The van der Waals surface area contributed by atoms with Gasteiger partial charge >= 0.3 is 0 Å². The zero-order valence-electron chi connectivity index (χ0n) is 19.1. The van der Waals surface area contributed by atoms with Gasteiger partial charge in [0.2, 0.25) is 17.7 Å². The predicted octanol–water partition coefficient (Wildman–Crippen LogP) is 4.02. The van der Waals surface area contributed by atoms with Crippen molar-refractivity contribution in [3.63, 3.8) is 0 Å². The van der Waals surface area contributed by atoms with Crippen LogP contribution in [0.15, 0.2) is 36.4 Å². The van der Waals surface area contributed by atoms with E-state index in [-0.39, 0.29) is 47.6 Å². The number of fused-ring (bicyclic) bond motifs is 1. The zero-order chi connectivity index (χ0) is 22.7. The molecule has 1 aromatic carbocycles. The number of hydrogen-bond donors (Lipinski definition) is 1. The summed E-state index contributed by atoms with van der Waals surface area (Å²) in [6.07, 6.45) is 5.61. The highest BCUT2D eigenvalue weighted by Crippen LogP contribution is 2.37. The Morgan fingerprint density at radius 3 is 2.03 bits per heavy atom. The Kier molecular flexibility index (Phi) is 7.19. The first-order valence-electron chi connectivity index (χ1n) is 11.3. The van der Waals surface area contributed by atoms with E-state index >= 15 is 0 Å². The van der Waals surface area contributed by atoms with Gasteiger partial charge in [0.15, 0.2) is 0 Å². The number of carbonyl (C=O) groups excluding carboxylic acids is 3. The Balaban J connectivity index is 1.74. The van der Waals surface area contributed by atoms with E-state index in [0.29, 0.717) is 19.3 Å². The van der Waals surface area contributed by atoms with E-state index in [9.17, 15) is 14.4 Å². The Morgan fingerprint density at radius 1 is 1.00 bits per heavy atom. The largest absolute Gasteiger partial charge is 0.491 e. The lowest BCUT2D eigenvalue weighted by Gasteiger charge is -2.28. The molecular weight excluding hydrogens is 392 g/mol. The smallest absolute Gasteiger partial charge is 0.243 e. The lowest BCUT2D eigenvalue weighted by atomic mass is 9.85. The molecule has 1 N–H and O–H groups in total. The second-order valence-electron chi connectivity index (χ2n) is 9.31. The predicted molar refractivity (Wildman–Crippen MR) is 119 cm³/mol. The number of nitrogens with one attached hydrogen (secondary N) is 1. The van der Waals surface area contributed by atoms with Crippen LogP contribution < -0.4 is 10.1 Å². The summed E-state index contributed by atoms with van der Waals surface area (Å²) in [6, 6.07) is 6.58. The van der Waals surface area contributed by atoms with Crippen LogP contribution in [0.4, 0.5) is 0 Å². The first-order chi connectivity index (χ1) is 14.7. The summed E-state index contributed by atoms with van der Waals surface area (Å²) in [5.41, 5.74) is 0.935. The number of allylic oxidation sites excluding steroid dienone is 2. The maximum atomic E-state index is 13.3. The van der Waals surface area contributed by atoms with Crippen LogP contribution in [0, 0.1) is 17.8 Å². The summed E-state index contributed by atoms with van der Waals surface area (Å²) >= 11 is 0. The van der Waals surface area contributed by atoms with Gasteiger partial charge in [0, 0.05) is 0 Å². The average Bonchev–Trinajstić information content (AvgIpc) is 2.97. The number of amides is 3. The molecule has 4 unspecified atom stereocenters. The Labute approximate surface area is 185 Å². The second-order valence-corrected chi connectivity index (χ2v) is 9.31. The van der Waals surface area contributed by atoms with E-state index in [1.54, 1.807) is 0 Å². The number of ether oxygens (including phenoxy) is 1. The van der Waals surface area contributed by atoms with E-state index < -0.39 is 6.04 Å². The van der Waals surface area contributed by atoms with Crippen LogP contribution in [0.2, 0.25) is 0 Å². The molecule has 2 aliphatic rings. The highest BCUT2D eigenvalue weighted by Gasteiger charge is 2.51. The SMILES string of the molecule is CC(C)CC(C(=O)NC(C)c1ccc(OC(C)C)cc1)N1C(=O)C2CC=CCC2C1=O. The number of benzene rings is 1. The van der Waals surface area contributed by atoms with Crippen LogP contribution in [0.1, 0.15) is 65.5 Å². The van der Waals surface area contributed by atoms with Crippen LogP contribution in [-0.4, -0.2) is 34.8 Å². The van der Waals surface area contributed by atoms with Gasteiger partial charge in [-0.3, -0.25) is 19.3 Å². The van der Waals surface area contributed by atoms with E-state index in [0.717, 1.165) is 11.3 Å². The van der Waals surface area contributed by atoms with Gasteiger partial charge in [-0.05, 0) is 63.6 Å². The third-order valence-electron chi connectivity index (χ3n) is 5.96. The Morgan fingerprint density at radius 2 is 1.55 bits per heavy atom. The highest BCUT2D eigenvalue weighted by molar-refractivity contribution is 6.08. The minimum absolute atomic E-state index is 0.0918. The molecular formula is C25H34N2O4. The van der Waals surface area contributed by atoms with Crippen LogP contribution in [0.3, 0.4) is 0 Å². The first kappa shape index (κ1) is 23.0. The molecule has 0 spiro atoms. The van der Waals surface area contributed by atoms with E-state index in [1.807, 2.05) is 71.0 Å². The summed E-state index contributed by atoms with van der Waals surface area (Å²) in [6.45, 7) is 9.84. The number of nitrogens with zero attached hydrogens (tertiary/aromatic N) is 1. The molecule has 0 radical (unpaired) electrons. The van der Waals surface area contributed by atoms with Crippen molar-refractivity contribution < 1.29 is 19.1 Å². The lowest BCUT2D eigenvalue weighted by Crippen LogP contribution is -2.51. The van der Waals surface area contributed by atoms with Gasteiger partial charge < -0.3 is 10.1 Å². The molecule has 1 fully saturated rings. The molecule has 0 bridgehead atoms. The maximum Gasteiger partial charge on any atom is 0.243 e. The molecule has 4 atom stereocenters. The third kappa shape index (κ3) is 5.17. The molecule has 0 saturated carbocycles. The van der Waals surface area contributed by atoms with Gasteiger partial charge in [-0.2, -0.15) is 0 Å². The summed E-state index contributed by atoms with van der Waals surface area (Å²) in [5, 5.41) is 3.02. The highest BCUT2D eigenvalue weighted by atomic mass is 16.5. The second kappa shape index (κ2) is 9.67. The van der Waals surface area contributed by atoms with Gasteiger partial charge in [-0.25, -0.2) is 0 Å². The van der Waals surface area contributed by atoms with E-state index in [1.165, 1.54) is 4.90 Å². The molecule has 168 valence electrons. The van der Waals surface area contributed by atoms with E-state index in [4.69, 9.17) is 4.74 Å². The van der Waals surface area contributed by atoms with Crippen LogP contribution >= 0.6 is 0 Å². The fourth-order valence-electron chi connectivity index (χ4n) is 4.41. The first-order valence-corrected chi connectivity index (χ1v) is 11.3. The van der Waals surface area contributed by atoms with E-state index in [2.05, 4.69) is 5.32 Å². The topological polar surface area (TPSA) is 75.7 Å². The fraction of sp³-hybridized carbons (Fsp3) is 0.560. The number of rotatable bonds is 8. The molecule has 3 rings (SSSR count). The maximum absolute atomic E-state index is 13.3. The molecule has 0 aromatic heterocycles. The number of likely N-dealkylation sites (tertiary alicyclic amines) is 1. The van der Waals surface area contributed by atoms with Crippen LogP contribution in [0.25, 0.3) is 0 Å². The number of carbonyl (C=O) groups is 3. The van der Waals surface area contributed by atoms with Crippen LogP contribution in [-0.2, 0) is 14.4 Å². The van der Waals surface area contributed by atoms with Crippen molar-refractivity contribution in [2.45, 2.75) is 72.1 Å². The monoisotopic (exact) mass is 426 g/mol. The van der Waals surface area contributed by atoms with Gasteiger partial charge in [0.1, 0.15) is 11.8 Å². The Bertz CT molecular complexity index is 818. The summed E-state index contributed by atoms with van der Waals surface area (Å²) < 4.78 is 5.68. The molecule has 3 amide bonds. The van der Waals surface area contributed by atoms with Gasteiger partial charge in [-0.1, -0.05) is 38.1 Å². The van der Waals surface area contributed by atoms with Crippen molar-refractivity contribution in [3.05, 3.63) is 42.0 Å². The quantitative estimate of drug-likeness (QED) is 0.503. The molecule has 31 heavy (non-hydrogen) atoms. The minimum atomic E-state index is -0.781. The van der Waals surface area contributed by atoms with Crippen molar-refractivity contribution in [1.29, 1.82) is 0 Å². The number of hydrogen-bond acceptors (Lipinski definition) is 4. The average molecular weight is 427 g/mol. The zero-order valence-corrected chi connectivity index (χ0v) is 19.1. The molecule has 1 aromatic rings. The molecule has 6 heteroatoms. The van der Waals surface area contributed by atoms with Crippen LogP contribution in [0.5, 0.6) is 5.75 Å². The summed E-state index contributed by atoms with van der Waals surface area (Å²) in [7, 11) is 0. The lowest BCUT2D eigenvalue weighted by molar-refractivity contribution is -0.148. The summed E-state index contributed by atoms with van der Waals surface area (Å²) in [4.78, 5) is 40.6. The molecule has 1 saturated heterocycles. The Hall–Kier alpha value is -2.63. The van der Waals surface area contributed by atoms with Gasteiger partial charge in [0.05, 0.1) is 24.0 Å². The van der Waals surface area contributed by atoms with Crippen molar-refractivity contribution in [3.8, 4) is 5.75 Å². The van der Waals surface area contributed by atoms with Crippen molar-refractivity contribution in [2.75, 3.05) is 0 Å². The normalized spacial score (nSPS) is 22.6. The fourth-order valence-corrected chi connectivity index (χ4v) is 4.41. The minimum Gasteiger partial charge on any atom is -0.491 e. The van der Waals surface area contributed by atoms with Crippen molar-refractivity contribution in [1.82, 2.24) is 10.2 Å². The van der Waals surface area contributed by atoms with Gasteiger partial charge in [-0.15, -0.1) is 0 Å². The summed E-state index contributed by atoms with van der Waals surface area (Å²) in [5.74, 6) is -0.404. The molecule has 6 nitrogen and oxygen atoms in total. The molecule has 1 heterocycles. The third-order valence-corrected chi connectivity index (χ3v) is 5.96. The van der Waals surface area contributed by atoms with Crippen molar-refractivity contribution >= 4 is 17.7 Å². The van der Waals surface area contributed by atoms with Gasteiger partial charge in [0.25, 0.3) is 0 Å². The molecule has 1 aliphatic heterocycles. The number of imide groups is 1. The standard InChI is InChI=1S/C25H34N2O4/c1-15(2)14-22(27-24(29)20-8-6-7-9-21(20)25(27)30)23(28)26-17(5)18-10-12-19(13-11-18)31-16(3)4/h6-7,10-13,15-17,20-22H,8-9,14H2,1-5H3,(H,26,28). The van der Waals surface area contributed by atoms with Crippen molar-refractivity contribution in [2.24, 2.45) is 17.8 Å².